The molecule has 1 unspecified atom stereocenters. The summed E-state index contributed by atoms with van der Waals surface area (Å²) in [5.41, 5.74) is 0.480. The lowest BCUT2D eigenvalue weighted by Crippen LogP contribution is -2.17. The summed E-state index contributed by atoms with van der Waals surface area (Å²) in [5.74, 6) is -5.78. The van der Waals surface area contributed by atoms with E-state index in [1.165, 1.54) is 26.0 Å². The van der Waals surface area contributed by atoms with Crippen molar-refractivity contribution in [3.05, 3.63) is 63.8 Å². The Bertz CT molecular complexity index is 1160. The quantitative estimate of drug-likeness (QED) is 0.550. The van der Waals surface area contributed by atoms with Gasteiger partial charge in [-0.2, -0.15) is 0 Å². The van der Waals surface area contributed by atoms with Gasteiger partial charge in [-0.05, 0) is 44.0 Å². The lowest BCUT2D eigenvalue weighted by Gasteiger charge is -2.13. The first kappa shape index (κ1) is 21.8. The van der Waals surface area contributed by atoms with Crippen molar-refractivity contribution in [1.29, 1.82) is 0 Å². The molecular formula is C22H20ClF2NO4. The van der Waals surface area contributed by atoms with E-state index in [1.807, 2.05) is 6.92 Å². The number of rotatable bonds is 5. The maximum Gasteiger partial charge on any atom is 0.313 e. The van der Waals surface area contributed by atoms with E-state index in [4.69, 9.17) is 16.3 Å². The molecule has 3 aromatic rings. The minimum absolute atomic E-state index is 0.101. The second-order valence-corrected chi connectivity index (χ2v) is 7.39. The molecule has 0 amide bonds. The predicted molar refractivity (Wildman–Crippen MR) is 109 cm³/mol. The first-order valence-corrected chi connectivity index (χ1v) is 9.75. The lowest BCUT2D eigenvalue weighted by atomic mass is 9.97. The van der Waals surface area contributed by atoms with E-state index in [9.17, 15) is 23.5 Å². The molecule has 0 spiro atoms. The monoisotopic (exact) mass is 435 g/mol. The Morgan fingerprint density at radius 2 is 1.97 bits per heavy atom. The van der Waals surface area contributed by atoms with Crippen LogP contribution in [0.15, 0.2) is 30.3 Å². The summed E-state index contributed by atoms with van der Waals surface area (Å²) in [4.78, 5) is 25.7. The van der Waals surface area contributed by atoms with Crippen LogP contribution in [0.5, 0.6) is 5.75 Å². The number of hydrogen-bond acceptors (Lipinski definition) is 4. The molecule has 3 rings (SSSR count). The van der Waals surface area contributed by atoms with E-state index >= 15 is 0 Å². The number of hydrogen-bond donors (Lipinski definition) is 1. The van der Waals surface area contributed by atoms with Crippen LogP contribution in [0.1, 0.15) is 47.8 Å². The Hall–Kier alpha value is -2.93. The number of halogens is 3. The van der Waals surface area contributed by atoms with Crippen LogP contribution < -0.4 is 0 Å². The minimum Gasteiger partial charge on any atom is -0.503 e. The van der Waals surface area contributed by atoms with Gasteiger partial charge in [0, 0.05) is 27.7 Å². The predicted octanol–water partition coefficient (Wildman–Crippen LogP) is 5.33. The van der Waals surface area contributed by atoms with Crippen LogP contribution in [-0.2, 0) is 9.53 Å². The number of nitrogens with zero attached hydrogens (tertiary/aromatic N) is 1. The van der Waals surface area contributed by atoms with Gasteiger partial charge in [0.2, 0.25) is 0 Å². The molecule has 2 aromatic carbocycles. The first-order chi connectivity index (χ1) is 14.2. The van der Waals surface area contributed by atoms with Crippen molar-refractivity contribution in [2.45, 2.75) is 33.1 Å². The molecule has 0 bridgehead atoms. The third-order valence-corrected chi connectivity index (χ3v) is 5.15. The molecule has 0 aliphatic heterocycles. The molecule has 5 nitrogen and oxygen atoms in total. The first-order valence-electron chi connectivity index (χ1n) is 9.37. The van der Waals surface area contributed by atoms with E-state index < -0.39 is 35.2 Å². The molecule has 158 valence electrons. The number of carbonyl (C=O) groups excluding carboxylic acids is 2. The highest BCUT2D eigenvalue weighted by Crippen LogP contribution is 2.39. The van der Waals surface area contributed by atoms with Gasteiger partial charge in [0.05, 0.1) is 18.0 Å². The van der Waals surface area contributed by atoms with E-state index in [2.05, 4.69) is 0 Å². The van der Waals surface area contributed by atoms with E-state index in [-0.39, 0.29) is 34.3 Å². The molecule has 1 heterocycles. The average Bonchev–Trinajstić information content (AvgIpc) is 3.00. The van der Waals surface area contributed by atoms with Gasteiger partial charge in [0.1, 0.15) is 0 Å². The molecule has 0 saturated heterocycles. The van der Waals surface area contributed by atoms with E-state index in [0.29, 0.717) is 11.4 Å². The Morgan fingerprint density at radius 3 is 2.60 bits per heavy atom. The minimum atomic E-state index is -1.24. The normalized spacial score (nSPS) is 12.2. The number of benzene rings is 2. The van der Waals surface area contributed by atoms with Crippen LogP contribution >= 0.6 is 11.6 Å². The summed E-state index contributed by atoms with van der Waals surface area (Å²) in [7, 11) is 0. The zero-order valence-electron chi connectivity index (χ0n) is 16.6. The number of carbonyl (C=O) groups is 2. The Morgan fingerprint density at radius 1 is 1.27 bits per heavy atom. The van der Waals surface area contributed by atoms with Crippen molar-refractivity contribution in [2.75, 3.05) is 6.61 Å². The van der Waals surface area contributed by atoms with Crippen LogP contribution in [0.2, 0.25) is 5.02 Å². The van der Waals surface area contributed by atoms with Gasteiger partial charge in [-0.3, -0.25) is 14.2 Å². The van der Waals surface area contributed by atoms with Crippen LogP contribution in [-0.4, -0.2) is 28.2 Å². The Kier molecular flexibility index (Phi) is 6.12. The van der Waals surface area contributed by atoms with Crippen LogP contribution in [0.3, 0.4) is 0 Å². The number of esters is 1. The van der Waals surface area contributed by atoms with Crippen molar-refractivity contribution in [3.8, 4) is 5.75 Å². The maximum absolute atomic E-state index is 14.9. The summed E-state index contributed by atoms with van der Waals surface area (Å²) >= 11 is 5.98. The number of phenols is 1. The molecule has 0 aliphatic rings. The van der Waals surface area contributed by atoms with E-state index in [0.717, 1.165) is 10.6 Å². The number of phenolic OH excluding ortho intramolecular Hbond substituents is 1. The van der Waals surface area contributed by atoms with Crippen molar-refractivity contribution in [3.63, 3.8) is 0 Å². The summed E-state index contributed by atoms with van der Waals surface area (Å²) < 4.78 is 35.4. The summed E-state index contributed by atoms with van der Waals surface area (Å²) in [6.45, 7) is 5.05. The molecule has 0 radical (unpaired) electrons. The molecule has 1 atom stereocenters. The van der Waals surface area contributed by atoms with E-state index in [1.54, 1.807) is 12.1 Å². The fraction of sp³-hybridized carbons (Fsp3) is 0.273. The highest BCUT2D eigenvalue weighted by molar-refractivity contribution is 6.31. The average molecular weight is 436 g/mol. The zero-order valence-corrected chi connectivity index (χ0v) is 17.4. The van der Waals surface area contributed by atoms with Crippen LogP contribution in [0.4, 0.5) is 8.78 Å². The van der Waals surface area contributed by atoms with Crippen molar-refractivity contribution < 1.29 is 28.2 Å². The summed E-state index contributed by atoms with van der Waals surface area (Å²) in [6, 6.07) is 6.99. The standard InChI is InChI=1S/C22H20ClF2NO4/c1-4-8-30-22(29)11(2)17-12(3)26(21(28)13-6-5-7-14(23)9-13)16-10-15(24)20(27)19(25)18(16)17/h5-7,9-11,27H,4,8H2,1-3H3. The highest BCUT2D eigenvalue weighted by Gasteiger charge is 2.31. The Balaban J connectivity index is 2.30. The molecule has 0 aliphatic carbocycles. The third kappa shape index (κ3) is 3.65. The maximum atomic E-state index is 14.9. The van der Waals surface area contributed by atoms with Gasteiger partial charge >= 0.3 is 5.97 Å². The lowest BCUT2D eigenvalue weighted by molar-refractivity contribution is -0.145. The van der Waals surface area contributed by atoms with Crippen molar-refractivity contribution in [1.82, 2.24) is 4.57 Å². The number of fused-ring (bicyclic) bond motifs is 1. The zero-order chi connectivity index (χ0) is 22.2. The van der Waals surface area contributed by atoms with Gasteiger partial charge in [0.15, 0.2) is 17.4 Å². The molecule has 0 saturated carbocycles. The summed E-state index contributed by atoms with van der Waals surface area (Å²) in [5, 5.41) is 9.92. The van der Waals surface area contributed by atoms with Crippen molar-refractivity contribution >= 4 is 34.4 Å². The SMILES string of the molecule is CCCOC(=O)C(C)c1c(C)n(C(=O)c2cccc(Cl)c2)c2cc(F)c(O)c(F)c12. The van der Waals surface area contributed by atoms with Crippen LogP contribution in [0.25, 0.3) is 10.9 Å². The third-order valence-electron chi connectivity index (χ3n) is 4.92. The molecule has 30 heavy (non-hydrogen) atoms. The fourth-order valence-electron chi connectivity index (χ4n) is 3.50. The van der Waals surface area contributed by atoms with Gasteiger partial charge in [0.25, 0.3) is 5.91 Å². The fourth-order valence-corrected chi connectivity index (χ4v) is 3.69. The van der Waals surface area contributed by atoms with Gasteiger partial charge in [-0.25, -0.2) is 8.78 Å². The topological polar surface area (TPSA) is 68.5 Å². The number of aromatic nitrogens is 1. The van der Waals surface area contributed by atoms with Crippen molar-refractivity contribution in [2.24, 2.45) is 0 Å². The van der Waals surface area contributed by atoms with Gasteiger partial charge in [-0.1, -0.05) is 24.6 Å². The molecule has 0 fully saturated rings. The smallest absolute Gasteiger partial charge is 0.313 e. The molecular weight excluding hydrogens is 416 g/mol. The summed E-state index contributed by atoms with van der Waals surface area (Å²) in [6.07, 6.45) is 0.604. The number of ether oxygens (including phenoxy) is 1. The molecule has 1 aromatic heterocycles. The molecule has 1 N–H and O–H groups in total. The second-order valence-electron chi connectivity index (χ2n) is 6.95. The second kappa shape index (κ2) is 8.44. The number of aromatic hydroxyl groups is 1. The van der Waals surface area contributed by atoms with Gasteiger partial charge in [-0.15, -0.1) is 0 Å². The Labute approximate surface area is 176 Å². The van der Waals surface area contributed by atoms with Crippen LogP contribution in [0, 0.1) is 18.6 Å². The largest absolute Gasteiger partial charge is 0.503 e. The van der Waals surface area contributed by atoms with Gasteiger partial charge < -0.3 is 9.84 Å². The highest BCUT2D eigenvalue weighted by atomic mass is 35.5. The molecule has 8 heteroatoms.